The molecule has 0 spiro atoms. The van der Waals surface area contributed by atoms with Gasteiger partial charge in [-0.05, 0) is 60.7 Å². The Labute approximate surface area is 238 Å². The van der Waals surface area contributed by atoms with Crippen LogP contribution in [0.1, 0.15) is 10.4 Å². The molecule has 6 rings (SSSR count). The number of furan rings is 1. The molecule has 0 saturated heterocycles. The second-order valence-corrected chi connectivity index (χ2v) is 11.5. The molecule has 0 bridgehead atoms. The second-order valence-electron chi connectivity index (χ2n) is 9.53. The fourth-order valence-corrected chi connectivity index (χ4v) is 5.21. The molecule has 3 aromatic carbocycles. The minimum absolute atomic E-state index is 0.0301. The number of amides is 1. The Bertz CT molecular complexity index is 2090. The van der Waals surface area contributed by atoms with Gasteiger partial charge < -0.3 is 14.2 Å². The molecule has 0 aliphatic heterocycles. The van der Waals surface area contributed by atoms with Crippen molar-refractivity contribution in [2.75, 3.05) is 24.7 Å². The number of nitrogens with one attached hydrogen (secondary N) is 1. The summed E-state index contributed by atoms with van der Waals surface area (Å²) in [6.45, 7) is 0. The highest BCUT2D eigenvalue weighted by atomic mass is 32.2. The van der Waals surface area contributed by atoms with E-state index in [2.05, 4.69) is 15.3 Å². The number of anilines is 1. The number of oxazole rings is 1. The fourth-order valence-electron chi connectivity index (χ4n) is 4.70. The lowest BCUT2D eigenvalue weighted by atomic mass is 9.97. The number of hydrogen-bond donors (Lipinski definition) is 1. The van der Waals surface area contributed by atoms with Gasteiger partial charge in [0.25, 0.3) is 5.91 Å². The van der Waals surface area contributed by atoms with Crippen LogP contribution in [0.3, 0.4) is 0 Å². The summed E-state index contributed by atoms with van der Waals surface area (Å²) in [5, 5.41) is 2.87. The van der Waals surface area contributed by atoms with Gasteiger partial charge in [0.2, 0.25) is 21.6 Å². The summed E-state index contributed by atoms with van der Waals surface area (Å²) in [6.07, 6.45) is 2.58. The molecule has 12 heteroatoms. The molecule has 3 heterocycles. The number of carbonyl (C=O) groups is 1. The van der Waals surface area contributed by atoms with Crippen LogP contribution in [0, 0.1) is 11.6 Å². The third-order valence-corrected chi connectivity index (χ3v) is 8.07. The third kappa shape index (κ3) is 4.65. The zero-order valence-corrected chi connectivity index (χ0v) is 23.3. The van der Waals surface area contributed by atoms with E-state index in [4.69, 9.17) is 8.83 Å². The number of fused-ring (bicyclic) bond motifs is 2. The molecule has 6 aromatic rings. The summed E-state index contributed by atoms with van der Waals surface area (Å²) < 4.78 is 67.4. The highest BCUT2D eigenvalue weighted by Crippen LogP contribution is 2.42. The van der Waals surface area contributed by atoms with E-state index >= 15 is 4.39 Å². The van der Waals surface area contributed by atoms with E-state index in [1.165, 1.54) is 68.7 Å². The summed E-state index contributed by atoms with van der Waals surface area (Å²) in [4.78, 5) is 21.7. The maximum Gasteiger partial charge on any atom is 0.255 e. The van der Waals surface area contributed by atoms with E-state index in [1.807, 2.05) is 0 Å². The van der Waals surface area contributed by atoms with Crippen molar-refractivity contribution >= 4 is 43.8 Å². The molecular weight excluding hydrogens is 566 g/mol. The highest BCUT2D eigenvalue weighted by molar-refractivity contribution is 7.92. The Kier molecular flexibility index (Phi) is 6.49. The number of sulfonamides is 1. The highest BCUT2D eigenvalue weighted by Gasteiger charge is 2.27. The number of carbonyl (C=O) groups excluding carboxylic acids is 1. The molecule has 212 valence electrons. The minimum Gasteiger partial charge on any atom is -0.455 e. The van der Waals surface area contributed by atoms with Crippen LogP contribution in [0.4, 0.5) is 14.5 Å². The molecule has 0 radical (unpaired) electrons. The van der Waals surface area contributed by atoms with Gasteiger partial charge in [0.05, 0.1) is 17.5 Å². The van der Waals surface area contributed by atoms with E-state index in [9.17, 15) is 17.6 Å². The average Bonchev–Trinajstić information content (AvgIpc) is 3.57. The van der Waals surface area contributed by atoms with Gasteiger partial charge in [0.1, 0.15) is 28.5 Å². The zero-order chi connectivity index (χ0) is 29.8. The Morgan fingerprint density at radius 2 is 1.69 bits per heavy atom. The lowest BCUT2D eigenvalue weighted by molar-refractivity contribution is 0.0964. The lowest BCUT2D eigenvalue weighted by Crippen LogP contribution is -2.25. The van der Waals surface area contributed by atoms with Crippen LogP contribution in [-0.2, 0) is 10.0 Å². The molecule has 0 saturated carbocycles. The van der Waals surface area contributed by atoms with E-state index in [0.717, 1.165) is 10.6 Å². The average molecular weight is 589 g/mol. The van der Waals surface area contributed by atoms with Crippen molar-refractivity contribution in [1.29, 1.82) is 0 Å². The van der Waals surface area contributed by atoms with Crippen LogP contribution >= 0.6 is 0 Å². The summed E-state index contributed by atoms with van der Waals surface area (Å²) >= 11 is 0. The van der Waals surface area contributed by atoms with Gasteiger partial charge in [-0.15, -0.1) is 0 Å². The van der Waals surface area contributed by atoms with Crippen LogP contribution < -0.4 is 9.62 Å². The van der Waals surface area contributed by atoms with Crippen LogP contribution in [-0.4, -0.2) is 44.6 Å². The van der Waals surface area contributed by atoms with Gasteiger partial charge in [0.15, 0.2) is 0 Å². The van der Waals surface area contributed by atoms with Crippen molar-refractivity contribution in [3.8, 4) is 33.9 Å². The van der Waals surface area contributed by atoms with Crippen LogP contribution in [0.5, 0.6) is 0 Å². The Morgan fingerprint density at radius 3 is 2.38 bits per heavy atom. The Morgan fingerprint density at radius 1 is 0.952 bits per heavy atom. The molecular formula is C30H22F2N4O5S. The quantitative estimate of drug-likeness (QED) is 0.253. The minimum atomic E-state index is -3.82. The molecule has 3 aromatic heterocycles. The van der Waals surface area contributed by atoms with Crippen molar-refractivity contribution in [2.45, 2.75) is 0 Å². The molecule has 0 fully saturated rings. The normalized spacial score (nSPS) is 11.7. The first-order valence-corrected chi connectivity index (χ1v) is 14.4. The van der Waals surface area contributed by atoms with Gasteiger partial charge in [-0.25, -0.2) is 27.2 Å². The first-order chi connectivity index (χ1) is 20.0. The number of benzene rings is 3. The van der Waals surface area contributed by atoms with Crippen molar-refractivity contribution in [2.24, 2.45) is 0 Å². The maximum atomic E-state index is 15.6. The van der Waals surface area contributed by atoms with Crippen molar-refractivity contribution < 1.29 is 30.8 Å². The molecule has 0 atom stereocenters. The number of halogens is 2. The van der Waals surface area contributed by atoms with Gasteiger partial charge >= 0.3 is 0 Å². The number of hydrogen-bond acceptors (Lipinski definition) is 7. The standard InChI is InChI=1S/C30H22F2N4O5S/c1-33-28(37)26-21-14-20(19-13-17(8-11-22(19)32)29-35-23-5-4-12-34-30(23)41-29)24(36(2)42(3,38)39)15-25(21)40-27(26)16-6-9-18(31)10-7-16/h4-15H,1-3H3,(H,33,37). The summed E-state index contributed by atoms with van der Waals surface area (Å²) in [5.74, 6) is -1.30. The first-order valence-electron chi connectivity index (χ1n) is 12.6. The van der Waals surface area contributed by atoms with Crippen LogP contribution in [0.2, 0.25) is 0 Å². The Hall–Kier alpha value is -5.10. The van der Waals surface area contributed by atoms with E-state index in [-0.39, 0.29) is 39.6 Å². The summed E-state index contributed by atoms with van der Waals surface area (Å²) in [6, 6.07) is 16.0. The number of rotatable bonds is 6. The summed E-state index contributed by atoms with van der Waals surface area (Å²) in [7, 11) is -1.04. The van der Waals surface area contributed by atoms with Crippen molar-refractivity contribution in [1.82, 2.24) is 15.3 Å². The molecule has 42 heavy (non-hydrogen) atoms. The smallest absolute Gasteiger partial charge is 0.255 e. The largest absolute Gasteiger partial charge is 0.455 e. The lowest BCUT2D eigenvalue weighted by Gasteiger charge is -2.21. The summed E-state index contributed by atoms with van der Waals surface area (Å²) in [5.41, 5.74) is 2.25. The van der Waals surface area contributed by atoms with Crippen molar-refractivity contribution in [3.63, 3.8) is 0 Å². The molecule has 1 N–H and O–H groups in total. The molecule has 0 aliphatic rings. The van der Waals surface area contributed by atoms with Crippen LogP contribution in [0.25, 0.3) is 56.1 Å². The van der Waals surface area contributed by atoms with Crippen molar-refractivity contribution in [3.05, 3.63) is 90.1 Å². The Balaban J connectivity index is 1.64. The van der Waals surface area contributed by atoms with E-state index in [0.29, 0.717) is 27.7 Å². The van der Waals surface area contributed by atoms with E-state index in [1.54, 1.807) is 18.3 Å². The molecule has 0 aliphatic carbocycles. The number of aromatic nitrogens is 2. The molecule has 1 amide bonds. The fraction of sp³-hybridized carbons (Fsp3) is 0.100. The number of nitrogens with zero attached hydrogens (tertiary/aromatic N) is 3. The van der Waals surface area contributed by atoms with Gasteiger partial charge in [-0.3, -0.25) is 9.10 Å². The SMILES string of the molecule is CNC(=O)c1c(-c2ccc(F)cc2)oc2cc(N(C)S(C)(=O)=O)c(-c3cc(-c4nc5cccnc5o4)ccc3F)cc12. The predicted molar refractivity (Wildman–Crippen MR) is 154 cm³/mol. The van der Waals surface area contributed by atoms with Crippen LogP contribution in [0.15, 0.2) is 81.8 Å². The first kappa shape index (κ1) is 27.1. The third-order valence-electron chi connectivity index (χ3n) is 6.87. The molecule has 9 nitrogen and oxygen atoms in total. The number of pyridine rings is 1. The van der Waals surface area contributed by atoms with E-state index < -0.39 is 27.6 Å². The van der Waals surface area contributed by atoms with Gasteiger partial charge in [-0.1, -0.05) is 0 Å². The van der Waals surface area contributed by atoms with Gasteiger partial charge in [0, 0.05) is 54.0 Å². The monoisotopic (exact) mass is 588 g/mol. The zero-order valence-electron chi connectivity index (χ0n) is 22.5. The van der Waals surface area contributed by atoms with Gasteiger partial charge in [-0.2, -0.15) is 0 Å². The topological polar surface area (TPSA) is 119 Å². The second kappa shape index (κ2) is 10.1. The predicted octanol–water partition coefficient (Wildman–Crippen LogP) is 6.00. The maximum absolute atomic E-state index is 15.6. The molecule has 0 unspecified atom stereocenters.